The van der Waals surface area contributed by atoms with Gasteiger partial charge in [0.05, 0.1) is 12.7 Å². The number of rotatable bonds is 6. The van der Waals surface area contributed by atoms with Crippen LogP contribution in [0, 0.1) is 6.92 Å². The fourth-order valence-electron chi connectivity index (χ4n) is 2.80. The van der Waals surface area contributed by atoms with Gasteiger partial charge in [0, 0.05) is 39.3 Å². The molecule has 2 rings (SSSR count). The zero-order valence-electron chi connectivity index (χ0n) is 12.3. The van der Waals surface area contributed by atoms with Gasteiger partial charge in [0.25, 0.3) is 0 Å². The van der Waals surface area contributed by atoms with Crippen molar-refractivity contribution in [2.45, 2.75) is 19.4 Å². The van der Waals surface area contributed by atoms with Gasteiger partial charge in [-0.3, -0.25) is 4.90 Å². The lowest BCUT2D eigenvalue weighted by atomic mass is 10.0. The maximum absolute atomic E-state index is 10.3. The van der Waals surface area contributed by atoms with Gasteiger partial charge in [-0.15, -0.1) is 0 Å². The van der Waals surface area contributed by atoms with Gasteiger partial charge in [0.2, 0.25) is 0 Å². The first-order valence-corrected chi connectivity index (χ1v) is 7.50. The summed E-state index contributed by atoms with van der Waals surface area (Å²) in [6, 6.07) is 8.05. The molecule has 1 aromatic carbocycles. The lowest BCUT2D eigenvalue weighted by Gasteiger charge is -2.34. The first-order chi connectivity index (χ1) is 9.70. The molecule has 2 N–H and O–H groups in total. The zero-order chi connectivity index (χ0) is 14.4. The van der Waals surface area contributed by atoms with E-state index in [1.54, 1.807) is 0 Å². The Labute approximate surface area is 121 Å². The highest BCUT2D eigenvalue weighted by Gasteiger charge is 2.17. The van der Waals surface area contributed by atoms with Crippen LogP contribution in [0.1, 0.15) is 23.7 Å². The predicted molar refractivity (Wildman–Crippen MR) is 80.7 cm³/mol. The first kappa shape index (κ1) is 15.4. The number of hydrogen-bond acceptors (Lipinski definition) is 4. The number of nitrogens with zero attached hydrogens (tertiary/aromatic N) is 2. The van der Waals surface area contributed by atoms with Crippen molar-refractivity contribution in [3.63, 3.8) is 0 Å². The third kappa shape index (κ3) is 4.28. The normalized spacial score (nSPS) is 19.1. The molecule has 1 unspecified atom stereocenters. The summed E-state index contributed by atoms with van der Waals surface area (Å²) in [4.78, 5) is 4.68. The van der Waals surface area contributed by atoms with Crippen LogP contribution in [0.4, 0.5) is 0 Å². The summed E-state index contributed by atoms with van der Waals surface area (Å²) >= 11 is 0. The molecule has 0 saturated carbocycles. The monoisotopic (exact) mass is 278 g/mol. The number of hydrogen-bond donors (Lipinski definition) is 2. The third-order valence-corrected chi connectivity index (χ3v) is 4.15. The minimum Gasteiger partial charge on any atom is -0.395 e. The van der Waals surface area contributed by atoms with Gasteiger partial charge >= 0.3 is 0 Å². The summed E-state index contributed by atoms with van der Waals surface area (Å²) in [7, 11) is 0. The molecule has 1 saturated heterocycles. The molecule has 4 nitrogen and oxygen atoms in total. The second kappa shape index (κ2) is 7.74. The Bertz CT molecular complexity index is 403. The van der Waals surface area contributed by atoms with Gasteiger partial charge in [-0.05, 0) is 24.5 Å². The second-order valence-corrected chi connectivity index (χ2v) is 5.57. The van der Waals surface area contributed by atoms with Crippen LogP contribution in [-0.2, 0) is 0 Å². The molecule has 1 heterocycles. The topological polar surface area (TPSA) is 46.9 Å². The average molecular weight is 278 g/mol. The Morgan fingerprint density at radius 2 is 1.65 bits per heavy atom. The van der Waals surface area contributed by atoms with Gasteiger partial charge in [-0.2, -0.15) is 0 Å². The maximum atomic E-state index is 10.3. The van der Waals surface area contributed by atoms with Gasteiger partial charge in [0.1, 0.15) is 0 Å². The van der Waals surface area contributed by atoms with Gasteiger partial charge in [-0.25, -0.2) is 0 Å². The van der Waals surface area contributed by atoms with E-state index in [-0.39, 0.29) is 12.7 Å². The maximum Gasteiger partial charge on any atom is 0.0804 e. The fourth-order valence-corrected chi connectivity index (χ4v) is 2.80. The van der Waals surface area contributed by atoms with Crippen LogP contribution >= 0.6 is 0 Å². The summed E-state index contributed by atoms with van der Waals surface area (Å²) in [5.74, 6) is 0. The number of aryl methyl sites for hydroxylation is 1. The van der Waals surface area contributed by atoms with E-state index in [1.807, 2.05) is 31.2 Å². The zero-order valence-corrected chi connectivity index (χ0v) is 12.3. The Morgan fingerprint density at radius 1 is 1.05 bits per heavy atom. The van der Waals surface area contributed by atoms with Gasteiger partial charge in [-0.1, -0.05) is 24.3 Å². The quantitative estimate of drug-likeness (QED) is 0.816. The van der Waals surface area contributed by atoms with Crippen molar-refractivity contribution in [3.8, 4) is 0 Å². The molecule has 1 aliphatic heterocycles. The van der Waals surface area contributed by atoms with Crippen LogP contribution in [-0.4, -0.2) is 65.9 Å². The van der Waals surface area contributed by atoms with Crippen molar-refractivity contribution in [2.75, 3.05) is 45.9 Å². The van der Waals surface area contributed by atoms with Gasteiger partial charge in [0.15, 0.2) is 0 Å². The molecule has 0 aliphatic carbocycles. The standard InChI is InChI=1S/C16H26N2O2/c1-14-4-2-3-5-15(14)16(20)6-7-17-8-10-18(11-9-17)12-13-19/h2-5,16,19-20H,6-13H2,1H3. The molecule has 0 bridgehead atoms. The van der Waals surface area contributed by atoms with E-state index >= 15 is 0 Å². The molecule has 4 heteroatoms. The van der Waals surface area contributed by atoms with E-state index in [0.29, 0.717) is 0 Å². The highest BCUT2D eigenvalue weighted by Crippen LogP contribution is 2.20. The molecule has 1 atom stereocenters. The number of aliphatic hydroxyl groups is 2. The predicted octanol–water partition coefficient (Wildman–Crippen LogP) is 1.03. The molecule has 0 aromatic heterocycles. The number of β-amino-alcohol motifs (C(OH)–C–C–N with tert-alkyl or cyclic N) is 1. The summed E-state index contributed by atoms with van der Waals surface area (Å²) in [6.07, 6.45) is 0.414. The molecule has 0 radical (unpaired) electrons. The van der Waals surface area contributed by atoms with Crippen LogP contribution < -0.4 is 0 Å². The molecule has 112 valence electrons. The van der Waals surface area contributed by atoms with Crippen molar-refractivity contribution >= 4 is 0 Å². The van der Waals surface area contributed by atoms with E-state index in [9.17, 15) is 5.11 Å². The molecular formula is C16H26N2O2. The smallest absolute Gasteiger partial charge is 0.0804 e. The molecule has 1 aromatic rings. The molecule has 0 amide bonds. The molecule has 1 fully saturated rings. The Balaban J connectivity index is 1.75. The highest BCUT2D eigenvalue weighted by atomic mass is 16.3. The number of aliphatic hydroxyl groups excluding tert-OH is 2. The lowest BCUT2D eigenvalue weighted by Crippen LogP contribution is -2.47. The van der Waals surface area contributed by atoms with E-state index in [2.05, 4.69) is 9.80 Å². The minimum absolute atomic E-state index is 0.242. The third-order valence-electron chi connectivity index (χ3n) is 4.15. The van der Waals surface area contributed by atoms with E-state index in [1.165, 1.54) is 0 Å². The van der Waals surface area contributed by atoms with E-state index in [0.717, 1.165) is 56.8 Å². The van der Waals surface area contributed by atoms with Crippen molar-refractivity contribution in [1.82, 2.24) is 9.80 Å². The van der Waals surface area contributed by atoms with Crippen molar-refractivity contribution in [1.29, 1.82) is 0 Å². The molecule has 0 spiro atoms. The Kier molecular flexibility index (Phi) is 5.98. The summed E-state index contributed by atoms with van der Waals surface area (Å²) in [5, 5.41) is 19.2. The second-order valence-electron chi connectivity index (χ2n) is 5.57. The summed E-state index contributed by atoms with van der Waals surface area (Å²) in [6.45, 7) is 8.09. The average Bonchev–Trinajstić information content (AvgIpc) is 2.47. The molecular weight excluding hydrogens is 252 g/mol. The Morgan fingerprint density at radius 3 is 2.25 bits per heavy atom. The summed E-state index contributed by atoms with van der Waals surface area (Å²) < 4.78 is 0. The first-order valence-electron chi connectivity index (χ1n) is 7.50. The number of piperazine rings is 1. The minimum atomic E-state index is -0.369. The van der Waals surface area contributed by atoms with E-state index in [4.69, 9.17) is 5.11 Å². The SMILES string of the molecule is Cc1ccccc1C(O)CCN1CCN(CCO)CC1. The fraction of sp³-hybridized carbons (Fsp3) is 0.625. The van der Waals surface area contributed by atoms with E-state index < -0.39 is 0 Å². The molecule has 20 heavy (non-hydrogen) atoms. The Hall–Kier alpha value is -0.940. The van der Waals surface area contributed by atoms with Crippen LogP contribution in [0.5, 0.6) is 0 Å². The number of benzene rings is 1. The molecule has 1 aliphatic rings. The largest absolute Gasteiger partial charge is 0.395 e. The van der Waals surface area contributed by atoms with Crippen LogP contribution in [0.15, 0.2) is 24.3 Å². The van der Waals surface area contributed by atoms with Crippen molar-refractivity contribution in [3.05, 3.63) is 35.4 Å². The van der Waals surface area contributed by atoms with Gasteiger partial charge < -0.3 is 15.1 Å². The van der Waals surface area contributed by atoms with Crippen LogP contribution in [0.25, 0.3) is 0 Å². The highest BCUT2D eigenvalue weighted by molar-refractivity contribution is 5.27. The van der Waals surface area contributed by atoms with Crippen LogP contribution in [0.2, 0.25) is 0 Å². The lowest BCUT2D eigenvalue weighted by molar-refractivity contribution is 0.0922. The van der Waals surface area contributed by atoms with Crippen molar-refractivity contribution in [2.24, 2.45) is 0 Å². The van der Waals surface area contributed by atoms with Crippen LogP contribution in [0.3, 0.4) is 0 Å². The summed E-state index contributed by atoms with van der Waals surface area (Å²) in [5.41, 5.74) is 2.21. The van der Waals surface area contributed by atoms with Crippen molar-refractivity contribution < 1.29 is 10.2 Å².